The minimum Gasteiger partial charge on any atom is -0.267 e. The van der Waals surface area contributed by atoms with Crippen molar-refractivity contribution in [3.05, 3.63) is 113 Å². The normalized spacial score (nSPS) is 11.0. The van der Waals surface area contributed by atoms with Crippen LogP contribution in [0, 0.1) is 6.92 Å². The van der Waals surface area contributed by atoms with Gasteiger partial charge in [-0.15, -0.1) is 0 Å². The molecule has 0 atom stereocenters. The number of benzene rings is 3. The van der Waals surface area contributed by atoms with E-state index in [2.05, 4.69) is 41.7 Å². The van der Waals surface area contributed by atoms with Crippen LogP contribution in [0.15, 0.2) is 96.2 Å². The molecule has 0 spiro atoms. The van der Waals surface area contributed by atoms with Gasteiger partial charge in [-0.05, 0) is 30.7 Å². The van der Waals surface area contributed by atoms with Crippen LogP contribution < -0.4 is 5.43 Å². The maximum absolute atomic E-state index is 12.2. The fourth-order valence-electron chi connectivity index (χ4n) is 3.21. The molecule has 4 rings (SSSR count). The number of aromatic nitrogens is 2. The average Bonchev–Trinajstić information content (AvgIpc) is 3.17. The standard InChI is InChI=1S/C25H22N4O/c1-19-9-8-14-22(15-19)24-23(16-26-27-25(30)21-12-6-3-7-13-21)18-29(28-24)17-20-10-4-2-5-11-20/h2-16,18H,17H2,1H3,(H,27,30)/b26-16-. The molecule has 1 aromatic heterocycles. The predicted molar refractivity (Wildman–Crippen MR) is 119 cm³/mol. The topological polar surface area (TPSA) is 59.3 Å². The maximum Gasteiger partial charge on any atom is 0.271 e. The lowest BCUT2D eigenvalue weighted by Gasteiger charge is -2.02. The van der Waals surface area contributed by atoms with E-state index < -0.39 is 0 Å². The summed E-state index contributed by atoms with van der Waals surface area (Å²) in [6.45, 7) is 2.71. The van der Waals surface area contributed by atoms with Gasteiger partial charge in [0.1, 0.15) is 5.69 Å². The summed E-state index contributed by atoms with van der Waals surface area (Å²) in [6.07, 6.45) is 3.59. The fourth-order valence-corrected chi connectivity index (χ4v) is 3.21. The van der Waals surface area contributed by atoms with Gasteiger partial charge in [-0.3, -0.25) is 9.48 Å². The van der Waals surface area contributed by atoms with Crippen LogP contribution in [0.5, 0.6) is 0 Å². The van der Waals surface area contributed by atoms with Crippen LogP contribution in [0.3, 0.4) is 0 Å². The molecular weight excluding hydrogens is 372 g/mol. The molecule has 1 heterocycles. The summed E-state index contributed by atoms with van der Waals surface area (Å²) < 4.78 is 1.90. The Labute approximate surface area is 175 Å². The number of hydrogen-bond acceptors (Lipinski definition) is 3. The minimum atomic E-state index is -0.249. The second-order valence-electron chi connectivity index (χ2n) is 7.05. The predicted octanol–water partition coefficient (Wildman–Crippen LogP) is 4.67. The number of carbonyl (C=O) groups is 1. The van der Waals surface area contributed by atoms with E-state index >= 15 is 0 Å². The lowest BCUT2D eigenvalue weighted by Crippen LogP contribution is -2.17. The highest BCUT2D eigenvalue weighted by atomic mass is 16.2. The molecule has 1 N–H and O–H groups in total. The number of carbonyl (C=O) groups excluding carboxylic acids is 1. The summed E-state index contributed by atoms with van der Waals surface area (Å²) in [6, 6.07) is 27.4. The van der Waals surface area contributed by atoms with Crippen LogP contribution in [-0.2, 0) is 6.54 Å². The monoisotopic (exact) mass is 394 g/mol. The van der Waals surface area contributed by atoms with Gasteiger partial charge in [-0.1, -0.05) is 72.3 Å². The largest absolute Gasteiger partial charge is 0.271 e. The first-order chi connectivity index (χ1) is 14.7. The van der Waals surface area contributed by atoms with Gasteiger partial charge in [-0.2, -0.15) is 10.2 Å². The molecule has 0 aliphatic heterocycles. The van der Waals surface area contributed by atoms with Gasteiger partial charge >= 0.3 is 0 Å². The molecule has 30 heavy (non-hydrogen) atoms. The summed E-state index contributed by atoms with van der Waals surface area (Å²) >= 11 is 0. The van der Waals surface area contributed by atoms with Crippen molar-refractivity contribution < 1.29 is 4.79 Å². The van der Waals surface area contributed by atoms with E-state index in [4.69, 9.17) is 5.10 Å². The molecule has 0 fully saturated rings. The van der Waals surface area contributed by atoms with E-state index in [0.29, 0.717) is 12.1 Å². The molecule has 4 aromatic rings. The molecule has 0 bridgehead atoms. The van der Waals surface area contributed by atoms with Crippen molar-refractivity contribution in [2.45, 2.75) is 13.5 Å². The van der Waals surface area contributed by atoms with Gasteiger partial charge in [0.25, 0.3) is 5.91 Å². The van der Waals surface area contributed by atoms with E-state index in [0.717, 1.165) is 27.9 Å². The lowest BCUT2D eigenvalue weighted by molar-refractivity contribution is 0.0955. The number of aryl methyl sites for hydroxylation is 1. The zero-order valence-corrected chi connectivity index (χ0v) is 16.7. The van der Waals surface area contributed by atoms with E-state index in [1.165, 1.54) is 0 Å². The van der Waals surface area contributed by atoms with E-state index in [1.807, 2.05) is 59.4 Å². The third-order valence-electron chi connectivity index (χ3n) is 4.67. The summed E-state index contributed by atoms with van der Waals surface area (Å²) in [7, 11) is 0. The number of hydrogen-bond donors (Lipinski definition) is 1. The number of nitrogens with one attached hydrogen (secondary N) is 1. The quantitative estimate of drug-likeness (QED) is 0.382. The van der Waals surface area contributed by atoms with Crippen LogP contribution in [0.25, 0.3) is 11.3 Å². The number of amides is 1. The Bertz CT molecular complexity index is 1160. The van der Waals surface area contributed by atoms with E-state index in [9.17, 15) is 4.79 Å². The highest BCUT2D eigenvalue weighted by Gasteiger charge is 2.11. The Morgan fingerprint density at radius 2 is 1.73 bits per heavy atom. The molecule has 1 amide bonds. The Balaban J connectivity index is 1.60. The van der Waals surface area contributed by atoms with Gasteiger partial charge in [-0.25, -0.2) is 5.43 Å². The third kappa shape index (κ3) is 4.70. The summed E-state index contributed by atoms with van der Waals surface area (Å²) in [5.74, 6) is -0.249. The zero-order valence-electron chi connectivity index (χ0n) is 16.7. The maximum atomic E-state index is 12.2. The SMILES string of the molecule is Cc1cccc(-c2nn(Cc3ccccc3)cc2/C=N\NC(=O)c2ccccc2)c1. The molecule has 5 nitrogen and oxygen atoms in total. The Kier molecular flexibility index (Phi) is 5.80. The number of nitrogens with zero attached hydrogens (tertiary/aromatic N) is 3. The second-order valence-corrected chi connectivity index (χ2v) is 7.05. The third-order valence-corrected chi connectivity index (χ3v) is 4.67. The molecule has 148 valence electrons. The second kappa shape index (κ2) is 9.01. The van der Waals surface area contributed by atoms with Crippen molar-refractivity contribution >= 4 is 12.1 Å². The lowest BCUT2D eigenvalue weighted by atomic mass is 10.1. The molecule has 0 saturated carbocycles. The molecule has 3 aromatic carbocycles. The molecule has 0 radical (unpaired) electrons. The molecule has 0 saturated heterocycles. The molecular formula is C25H22N4O. The van der Waals surface area contributed by atoms with Gasteiger partial charge in [0.2, 0.25) is 0 Å². The Morgan fingerprint density at radius 1 is 1.00 bits per heavy atom. The highest BCUT2D eigenvalue weighted by Crippen LogP contribution is 2.22. The summed E-state index contributed by atoms with van der Waals surface area (Å²) in [4.78, 5) is 12.2. The van der Waals surface area contributed by atoms with Crippen molar-refractivity contribution in [3.8, 4) is 11.3 Å². The van der Waals surface area contributed by atoms with Crippen molar-refractivity contribution in [1.29, 1.82) is 0 Å². The van der Waals surface area contributed by atoms with Crippen LogP contribution in [0.1, 0.15) is 27.0 Å². The number of hydrazone groups is 1. The Morgan fingerprint density at radius 3 is 2.47 bits per heavy atom. The number of rotatable bonds is 6. The first-order valence-corrected chi connectivity index (χ1v) is 9.76. The molecule has 5 heteroatoms. The van der Waals surface area contributed by atoms with Gasteiger partial charge in [0.15, 0.2) is 0 Å². The average molecular weight is 394 g/mol. The van der Waals surface area contributed by atoms with Crippen LogP contribution in [-0.4, -0.2) is 21.9 Å². The van der Waals surface area contributed by atoms with Gasteiger partial charge < -0.3 is 0 Å². The fraction of sp³-hybridized carbons (Fsp3) is 0.0800. The first-order valence-electron chi connectivity index (χ1n) is 9.76. The van der Waals surface area contributed by atoms with E-state index in [1.54, 1.807) is 18.3 Å². The van der Waals surface area contributed by atoms with Crippen LogP contribution in [0.4, 0.5) is 0 Å². The highest BCUT2D eigenvalue weighted by molar-refractivity contribution is 5.95. The van der Waals surface area contributed by atoms with Crippen molar-refractivity contribution in [3.63, 3.8) is 0 Å². The van der Waals surface area contributed by atoms with Crippen LogP contribution in [0.2, 0.25) is 0 Å². The summed E-state index contributed by atoms with van der Waals surface area (Å²) in [5.41, 5.74) is 8.15. The van der Waals surface area contributed by atoms with Crippen molar-refractivity contribution in [1.82, 2.24) is 15.2 Å². The summed E-state index contributed by atoms with van der Waals surface area (Å²) in [5, 5.41) is 8.95. The first kappa shape index (κ1) is 19.3. The van der Waals surface area contributed by atoms with Crippen LogP contribution >= 0.6 is 0 Å². The molecule has 0 unspecified atom stereocenters. The Hall–Kier alpha value is -3.99. The van der Waals surface area contributed by atoms with Gasteiger partial charge in [0.05, 0.1) is 12.8 Å². The molecule has 0 aliphatic carbocycles. The smallest absolute Gasteiger partial charge is 0.267 e. The minimum absolute atomic E-state index is 0.249. The van der Waals surface area contributed by atoms with Gasteiger partial charge in [0, 0.05) is 22.9 Å². The van der Waals surface area contributed by atoms with Crippen molar-refractivity contribution in [2.75, 3.05) is 0 Å². The van der Waals surface area contributed by atoms with E-state index in [-0.39, 0.29) is 5.91 Å². The van der Waals surface area contributed by atoms with Crippen molar-refractivity contribution in [2.24, 2.45) is 5.10 Å². The molecule has 0 aliphatic rings. The zero-order chi connectivity index (χ0) is 20.8.